The van der Waals surface area contributed by atoms with Gasteiger partial charge in [0.15, 0.2) is 0 Å². The average molecular weight is 439 g/mol. The van der Waals surface area contributed by atoms with Crippen LogP contribution in [0.5, 0.6) is 0 Å². The van der Waals surface area contributed by atoms with E-state index in [1.54, 1.807) is 12.4 Å². The minimum Gasteiger partial charge on any atom is -0.381 e. The molecule has 0 bridgehead atoms. The topological polar surface area (TPSA) is 92.6 Å². The third kappa shape index (κ3) is 4.48. The number of imidazole rings is 1. The summed E-state index contributed by atoms with van der Waals surface area (Å²) in [5.41, 5.74) is 1.26. The second kappa shape index (κ2) is 9.28. The highest BCUT2D eigenvalue weighted by Crippen LogP contribution is 2.31. The molecule has 2 aromatic heterocycles. The molecule has 170 valence electrons. The Bertz CT molecular complexity index is 949. The van der Waals surface area contributed by atoms with E-state index in [4.69, 9.17) is 4.74 Å². The largest absolute Gasteiger partial charge is 0.381 e. The molecule has 0 atom stereocenters. The standard InChI is InChI=1S/C23H30N6O3/c30-21-13-26-22-20(29(21)15-18-3-9-32-10-4-18)11-19(12-25-22)23(31)28-6-1-17(2-7-28)14-27-8-5-24-16-27/h5,8,11-12,16-18H,1-4,6-7,9-10,13-15H2,(H,25,26). The van der Waals surface area contributed by atoms with Crippen molar-refractivity contribution in [2.75, 3.05) is 49.6 Å². The van der Waals surface area contributed by atoms with E-state index in [-0.39, 0.29) is 18.4 Å². The highest BCUT2D eigenvalue weighted by atomic mass is 16.5. The summed E-state index contributed by atoms with van der Waals surface area (Å²) < 4.78 is 7.56. The second-order valence-corrected chi connectivity index (χ2v) is 9.00. The van der Waals surface area contributed by atoms with E-state index in [1.165, 1.54) is 0 Å². The molecule has 2 amide bonds. The minimum atomic E-state index is -0.00887. The lowest BCUT2D eigenvalue weighted by atomic mass is 9.96. The quantitative estimate of drug-likeness (QED) is 0.768. The maximum Gasteiger partial charge on any atom is 0.255 e. The lowest BCUT2D eigenvalue weighted by Gasteiger charge is -2.34. The number of rotatable bonds is 5. The van der Waals surface area contributed by atoms with Crippen molar-refractivity contribution in [1.82, 2.24) is 19.4 Å². The smallest absolute Gasteiger partial charge is 0.255 e. The number of fused-ring (bicyclic) bond motifs is 1. The molecule has 2 aromatic rings. The molecule has 1 N–H and O–H groups in total. The van der Waals surface area contributed by atoms with Crippen LogP contribution in [0.2, 0.25) is 0 Å². The van der Waals surface area contributed by atoms with Crippen LogP contribution in [0, 0.1) is 11.8 Å². The number of anilines is 2. The number of hydrogen-bond acceptors (Lipinski definition) is 6. The molecule has 0 aromatic carbocycles. The van der Waals surface area contributed by atoms with Crippen molar-refractivity contribution >= 4 is 23.3 Å². The molecular weight excluding hydrogens is 408 g/mol. The van der Waals surface area contributed by atoms with Gasteiger partial charge < -0.3 is 24.4 Å². The van der Waals surface area contributed by atoms with Crippen molar-refractivity contribution < 1.29 is 14.3 Å². The molecule has 9 nitrogen and oxygen atoms in total. The van der Waals surface area contributed by atoms with Crippen LogP contribution >= 0.6 is 0 Å². The molecule has 2 saturated heterocycles. The van der Waals surface area contributed by atoms with Gasteiger partial charge in [-0.25, -0.2) is 9.97 Å². The number of amides is 2. The molecule has 3 aliphatic rings. The highest BCUT2D eigenvalue weighted by molar-refractivity contribution is 6.04. The number of hydrogen-bond donors (Lipinski definition) is 1. The lowest BCUT2D eigenvalue weighted by Crippen LogP contribution is -2.44. The molecule has 0 aliphatic carbocycles. The van der Waals surface area contributed by atoms with Crippen molar-refractivity contribution in [2.24, 2.45) is 11.8 Å². The number of pyridine rings is 1. The normalized spacial score (nSPS) is 20.2. The summed E-state index contributed by atoms with van der Waals surface area (Å²) in [6, 6.07) is 1.84. The average Bonchev–Trinajstić information content (AvgIpc) is 3.34. The van der Waals surface area contributed by atoms with Crippen LogP contribution in [0.4, 0.5) is 11.5 Å². The Morgan fingerprint density at radius 2 is 1.91 bits per heavy atom. The molecule has 2 fully saturated rings. The molecule has 5 heterocycles. The molecular formula is C23H30N6O3. The predicted molar refractivity (Wildman–Crippen MR) is 119 cm³/mol. The Morgan fingerprint density at radius 1 is 1.12 bits per heavy atom. The van der Waals surface area contributed by atoms with Gasteiger partial charge in [0.25, 0.3) is 5.91 Å². The van der Waals surface area contributed by atoms with Crippen LogP contribution in [0.3, 0.4) is 0 Å². The van der Waals surface area contributed by atoms with E-state index in [2.05, 4.69) is 19.9 Å². The second-order valence-electron chi connectivity index (χ2n) is 9.00. The maximum atomic E-state index is 13.2. The Labute approximate surface area is 187 Å². The summed E-state index contributed by atoms with van der Waals surface area (Å²) in [4.78, 5) is 38.2. The summed E-state index contributed by atoms with van der Waals surface area (Å²) in [5, 5.41) is 3.09. The Balaban J connectivity index is 1.26. The van der Waals surface area contributed by atoms with E-state index < -0.39 is 0 Å². The monoisotopic (exact) mass is 438 g/mol. The summed E-state index contributed by atoms with van der Waals surface area (Å²) in [6.45, 7) is 4.78. The number of piperidine rings is 1. The fraction of sp³-hybridized carbons (Fsp3) is 0.565. The van der Waals surface area contributed by atoms with E-state index >= 15 is 0 Å². The van der Waals surface area contributed by atoms with Gasteiger partial charge in [0.2, 0.25) is 5.91 Å². The number of likely N-dealkylation sites (tertiary alicyclic amines) is 1. The van der Waals surface area contributed by atoms with Crippen LogP contribution in [-0.2, 0) is 16.1 Å². The molecule has 32 heavy (non-hydrogen) atoms. The van der Waals surface area contributed by atoms with Gasteiger partial charge in [-0.1, -0.05) is 0 Å². The molecule has 0 spiro atoms. The molecule has 0 unspecified atom stereocenters. The zero-order valence-corrected chi connectivity index (χ0v) is 18.3. The maximum absolute atomic E-state index is 13.2. The van der Waals surface area contributed by atoms with Crippen molar-refractivity contribution in [3.05, 3.63) is 36.5 Å². The third-order valence-corrected chi connectivity index (χ3v) is 6.83. The van der Waals surface area contributed by atoms with Crippen molar-refractivity contribution in [3.63, 3.8) is 0 Å². The number of nitrogens with zero attached hydrogens (tertiary/aromatic N) is 5. The summed E-state index contributed by atoms with van der Waals surface area (Å²) >= 11 is 0. The van der Waals surface area contributed by atoms with Gasteiger partial charge in [0.1, 0.15) is 5.82 Å². The highest BCUT2D eigenvalue weighted by Gasteiger charge is 2.30. The number of ether oxygens (including phenoxy) is 1. The van der Waals surface area contributed by atoms with Gasteiger partial charge in [0.05, 0.1) is 24.1 Å². The van der Waals surface area contributed by atoms with E-state index in [9.17, 15) is 9.59 Å². The van der Waals surface area contributed by atoms with Crippen LogP contribution in [0.25, 0.3) is 0 Å². The predicted octanol–water partition coefficient (Wildman–Crippen LogP) is 2.02. The van der Waals surface area contributed by atoms with Crippen molar-refractivity contribution in [2.45, 2.75) is 32.2 Å². The fourth-order valence-electron chi connectivity index (χ4n) is 4.88. The number of carbonyl (C=O) groups excluding carboxylic acids is 2. The first-order chi connectivity index (χ1) is 15.7. The Morgan fingerprint density at radius 3 is 2.66 bits per heavy atom. The fourth-order valence-corrected chi connectivity index (χ4v) is 4.88. The third-order valence-electron chi connectivity index (χ3n) is 6.83. The van der Waals surface area contributed by atoms with Gasteiger partial charge >= 0.3 is 0 Å². The van der Waals surface area contributed by atoms with Crippen LogP contribution < -0.4 is 10.2 Å². The first-order valence-electron chi connectivity index (χ1n) is 11.5. The number of aromatic nitrogens is 3. The molecule has 0 radical (unpaired) electrons. The van der Waals surface area contributed by atoms with Crippen LogP contribution in [0.15, 0.2) is 31.0 Å². The van der Waals surface area contributed by atoms with Gasteiger partial charge in [-0.15, -0.1) is 0 Å². The molecule has 9 heteroatoms. The number of carbonyl (C=O) groups is 2. The lowest BCUT2D eigenvalue weighted by molar-refractivity contribution is -0.117. The first-order valence-corrected chi connectivity index (χ1v) is 11.5. The first kappa shape index (κ1) is 20.9. The Kier molecular flexibility index (Phi) is 6.07. The minimum absolute atomic E-state index is 0.00887. The zero-order chi connectivity index (χ0) is 21.9. The zero-order valence-electron chi connectivity index (χ0n) is 18.3. The summed E-state index contributed by atoms with van der Waals surface area (Å²) in [7, 11) is 0. The van der Waals surface area contributed by atoms with Gasteiger partial charge in [0, 0.05) is 58.0 Å². The van der Waals surface area contributed by atoms with Crippen molar-refractivity contribution in [3.8, 4) is 0 Å². The van der Waals surface area contributed by atoms with Gasteiger partial charge in [-0.2, -0.15) is 0 Å². The molecule has 5 rings (SSSR count). The van der Waals surface area contributed by atoms with Crippen LogP contribution in [0.1, 0.15) is 36.0 Å². The van der Waals surface area contributed by atoms with Gasteiger partial charge in [-0.3, -0.25) is 9.59 Å². The summed E-state index contributed by atoms with van der Waals surface area (Å²) in [6.07, 6.45) is 11.1. The Hall–Kier alpha value is -2.94. The summed E-state index contributed by atoms with van der Waals surface area (Å²) in [5.74, 6) is 1.65. The van der Waals surface area contributed by atoms with E-state index in [1.807, 2.05) is 28.4 Å². The van der Waals surface area contributed by atoms with Crippen LogP contribution in [-0.4, -0.2) is 70.6 Å². The van der Waals surface area contributed by atoms with E-state index in [0.717, 1.165) is 58.5 Å². The molecule has 0 saturated carbocycles. The van der Waals surface area contributed by atoms with E-state index in [0.29, 0.717) is 35.4 Å². The SMILES string of the molecule is O=C(c1cnc2c(c1)N(CC1CCOCC1)C(=O)CN2)N1CCC(Cn2ccnc2)CC1. The van der Waals surface area contributed by atoms with Crippen molar-refractivity contribution in [1.29, 1.82) is 0 Å². The number of nitrogens with one attached hydrogen (secondary N) is 1. The molecule has 3 aliphatic heterocycles. The van der Waals surface area contributed by atoms with Gasteiger partial charge in [-0.05, 0) is 43.6 Å².